The number of ether oxygens (including phenoxy) is 1. The molecule has 2 heteroatoms. The van der Waals surface area contributed by atoms with Crippen molar-refractivity contribution in [2.45, 2.75) is 20.8 Å². The Hall–Kier alpha value is -1.70. The summed E-state index contributed by atoms with van der Waals surface area (Å²) in [5.41, 5.74) is 1.05. The first-order valence-corrected chi connectivity index (χ1v) is 4.91. The summed E-state index contributed by atoms with van der Waals surface area (Å²) >= 11 is 0. The van der Waals surface area contributed by atoms with Crippen LogP contribution in [0.2, 0.25) is 0 Å². The van der Waals surface area contributed by atoms with Gasteiger partial charge in [0.2, 0.25) is 0 Å². The van der Waals surface area contributed by atoms with Crippen molar-refractivity contribution in [3.8, 4) is 5.75 Å². The summed E-state index contributed by atoms with van der Waals surface area (Å²) in [6.07, 6.45) is 3.37. The Labute approximate surface area is 90.5 Å². The summed E-state index contributed by atoms with van der Waals surface area (Å²) in [7, 11) is 0. The molecule has 0 saturated heterocycles. The molecule has 0 atom stereocenters. The Morgan fingerprint density at radius 1 is 1.33 bits per heavy atom. The average molecular weight is 204 g/mol. The number of aliphatic hydroxyl groups excluding tert-OH is 1. The number of hydrogen-bond donors (Lipinski definition) is 1. The number of aryl methyl sites for hydroxylation is 1. The number of benzene rings is 1. The van der Waals surface area contributed by atoms with Crippen LogP contribution in [0.15, 0.2) is 47.9 Å². The van der Waals surface area contributed by atoms with Gasteiger partial charge in [-0.2, -0.15) is 0 Å². The van der Waals surface area contributed by atoms with Crippen LogP contribution in [0.25, 0.3) is 0 Å². The van der Waals surface area contributed by atoms with Crippen LogP contribution < -0.4 is 4.74 Å². The van der Waals surface area contributed by atoms with E-state index in [2.05, 4.69) is 0 Å². The molecule has 15 heavy (non-hydrogen) atoms. The van der Waals surface area contributed by atoms with Crippen LogP contribution in [-0.2, 0) is 0 Å². The lowest BCUT2D eigenvalue weighted by molar-refractivity contribution is 0.349. The van der Waals surface area contributed by atoms with Crippen LogP contribution in [0.4, 0.5) is 0 Å². The number of hydrogen-bond acceptors (Lipinski definition) is 2. The third kappa shape index (κ3) is 3.17. The highest BCUT2D eigenvalue weighted by molar-refractivity contribution is 5.33. The predicted octanol–water partition coefficient (Wildman–Crippen LogP) is 3.74. The highest BCUT2D eigenvalue weighted by atomic mass is 16.5. The zero-order valence-electron chi connectivity index (χ0n) is 9.32. The smallest absolute Gasteiger partial charge is 0.153 e. The molecule has 1 rings (SSSR count). The molecular weight excluding hydrogens is 188 g/mol. The lowest BCUT2D eigenvalue weighted by Crippen LogP contribution is -1.96. The zero-order chi connectivity index (χ0) is 11.3. The van der Waals surface area contributed by atoms with E-state index in [0.29, 0.717) is 5.76 Å². The van der Waals surface area contributed by atoms with Gasteiger partial charge in [-0.3, -0.25) is 0 Å². The summed E-state index contributed by atoms with van der Waals surface area (Å²) in [5, 5.41) is 9.54. The summed E-state index contributed by atoms with van der Waals surface area (Å²) in [6, 6.07) is 7.70. The molecule has 0 bridgehead atoms. The molecule has 0 fully saturated rings. The monoisotopic (exact) mass is 204 g/mol. The molecular formula is C13H16O2. The minimum atomic E-state index is 0.153. The van der Waals surface area contributed by atoms with Gasteiger partial charge in [0.1, 0.15) is 11.5 Å². The molecule has 2 nitrogen and oxygen atoms in total. The lowest BCUT2D eigenvalue weighted by atomic mass is 10.2. The van der Waals surface area contributed by atoms with E-state index >= 15 is 0 Å². The molecule has 0 aliphatic carbocycles. The van der Waals surface area contributed by atoms with E-state index in [4.69, 9.17) is 4.74 Å². The van der Waals surface area contributed by atoms with Gasteiger partial charge in [0.05, 0.1) is 0 Å². The lowest BCUT2D eigenvalue weighted by Gasteiger charge is -2.09. The fourth-order valence-corrected chi connectivity index (χ4v) is 1.16. The minimum Gasteiger partial charge on any atom is -0.504 e. The molecule has 0 aliphatic heterocycles. The van der Waals surface area contributed by atoms with Crippen molar-refractivity contribution in [1.82, 2.24) is 0 Å². The number of aliphatic hydroxyl groups is 1. The van der Waals surface area contributed by atoms with Gasteiger partial charge in [-0.05, 0) is 38.5 Å². The third-order valence-electron chi connectivity index (χ3n) is 2.04. The molecule has 0 heterocycles. The molecule has 0 unspecified atom stereocenters. The normalized spacial score (nSPS) is 12.7. The Balaban J connectivity index is 2.87. The molecule has 0 spiro atoms. The number of allylic oxidation sites excluding steroid dienone is 3. The van der Waals surface area contributed by atoms with Gasteiger partial charge in [0.15, 0.2) is 5.76 Å². The molecule has 1 aromatic rings. The van der Waals surface area contributed by atoms with E-state index in [9.17, 15) is 5.11 Å². The van der Waals surface area contributed by atoms with Gasteiger partial charge in [-0.1, -0.05) is 24.3 Å². The molecule has 0 radical (unpaired) electrons. The predicted molar refractivity (Wildman–Crippen MR) is 61.9 cm³/mol. The SMILES string of the molecule is C/C=C\C(O)=C(C)Oc1ccccc1C. The van der Waals surface area contributed by atoms with Crippen molar-refractivity contribution in [2.75, 3.05) is 0 Å². The Morgan fingerprint density at radius 2 is 2.00 bits per heavy atom. The second-order valence-corrected chi connectivity index (χ2v) is 3.31. The summed E-state index contributed by atoms with van der Waals surface area (Å²) < 4.78 is 5.54. The first-order chi connectivity index (χ1) is 7.15. The molecule has 0 saturated carbocycles. The molecule has 0 aliphatic rings. The Kier molecular flexibility index (Phi) is 3.98. The largest absolute Gasteiger partial charge is 0.504 e. The first-order valence-electron chi connectivity index (χ1n) is 4.91. The average Bonchev–Trinajstić information content (AvgIpc) is 2.21. The van der Waals surface area contributed by atoms with Crippen molar-refractivity contribution in [2.24, 2.45) is 0 Å². The Bertz CT molecular complexity index is 389. The highest BCUT2D eigenvalue weighted by Crippen LogP contribution is 2.19. The van der Waals surface area contributed by atoms with Crippen molar-refractivity contribution >= 4 is 0 Å². The Morgan fingerprint density at radius 3 is 2.60 bits per heavy atom. The molecule has 1 aromatic carbocycles. The van der Waals surface area contributed by atoms with E-state index in [1.54, 1.807) is 19.1 Å². The van der Waals surface area contributed by atoms with E-state index in [-0.39, 0.29) is 5.76 Å². The van der Waals surface area contributed by atoms with Gasteiger partial charge < -0.3 is 9.84 Å². The van der Waals surface area contributed by atoms with E-state index in [1.807, 2.05) is 38.1 Å². The van der Waals surface area contributed by atoms with Gasteiger partial charge in [-0.15, -0.1) is 0 Å². The zero-order valence-corrected chi connectivity index (χ0v) is 9.32. The second-order valence-electron chi connectivity index (χ2n) is 3.31. The fraction of sp³-hybridized carbons (Fsp3) is 0.231. The highest BCUT2D eigenvalue weighted by Gasteiger charge is 2.02. The van der Waals surface area contributed by atoms with Crippen LogP contribution >= 0.6 is 0 Å². The molecule has 1 N–H and O–H groups in total. The van der Waals surface area contributed by atoms with Crippen molar-refractivity contribution < 1.29 is 9.84 Å². The standard InChI is InChI=1S/C13H16O2/c1-4-7-12(14)11(3)15-13-9-6-5-8-10(13)2/h4-9,14H,1-3H3/b7-4-,12-11?. The van der Waals surface area contributed by atoms with Gasteiger partial charge in [0.25, 0.3) is 0 Å². The van der Waals surface area contributed by atoms with E-state index < -0.39 is 0 Å². The van der Waals surface area contributed by atoms with Crippen molar-refractivity contribution in [1.29, 1.82) is 0 Å². The molecule has 0 aromatic heterocycles. The third-order valence-corrected chi connectivity index (χ3v) is 2.04. The molecule has 80 valence electrons. The minimum absolute atomic E-state index is 0.153. The van der Waals surface area contributed by atoms with Crippen LogP contribution in [0.5, 0.6) is 5.75 Å². The number of para-hydroxylation sites is 1. The van der Waals surface area contributed by atoms with E-state index in [0.717, 1.165) is 11.3 Å². The topological polar surface area (TPSA) is 29.5 Å². The van der Waals surface area contributed by atoms with Crippen molar-refractivity contribution in [3.05, 3.63) is 53.5 Å². The maximum Gasteiger partial charge on any atom is 0.153 e. The van der Waals surface area contributed by atoms with Gasteiger partial charge in [0, 0.05) is 0 Å². The van der Waals surface area contributed by atoms with Crippen LogP contribution in [0.3, 0.4) is 0 Å². The van der Waals surface area contributed by atoms with Gasteiger partial charge in [-0.25, -0.2) is 0 Å². The van der Waals surface area contributed by atoms with Crippen molar-refractivity contribution in [3.63, 3.8) is 0 Å². The van der Waals surface area contributed by atoms with Crippen LogP contribution in [0.1, 0.15) is 19.4 Å². The van der Waals surface area contributed by atoms with Crippen LogP contribution in [0, 0.1) is 6.92 Å². The summed E-state index contributed by atoms with van der Waals surface area (Å²) in [5.74, 6) is 1.43. The maximum absolute atomic E-state index is 9.54. The quantitative estimate of drug-likeness (QED) is 0.600. The summed E-state index contributed by atoms with van der Waals surface area (Å²) in [6.45, 7) is 5.55. The van der Waals surface area contributed by atoms with E-state index in [1.165, 1.54) is 0 Å². The van der Waals surface area contributed by atoms with Gasteiger partial charge >= 0.3 is 0 Å². The summed E-state index contributed by atoms with van der Waals surface area (Å²) in [4.78, 5) is 0. The fourth-order valence-electron chi connectivity index (χ4n) is 1.16. The molecule has 0 amide bonds. The maximum atomic E-state index is 9.54. The second kappa shape index (κ2) is 5.25. The van der Waals surface area contributed by atoms with Crippen LogP contribution in [-0.4, -0.2) is 5.11 Å². The number of rotatable bonds is 3. The first kappa shape index (κ1) is 11.4.